The van der Waals surface area contributed by atoms with Gasteiger partial charge < -0.3 is 19.0 Å². The number of anilines is 1. The molecule has 3 amide bonds. The molecule has 0 aliphatic carbocycles. The Morgan fingerprint density at radius 2 is 2.10 bits per heavy atom. The molecule has 0 spiro atoms. The first-order valence-electron chi connectivity index (χ1n) is 9.45. The average molecular weight is 417 g/mol. The molecule has 8 nitrogen and oxygen atoms in total. The molecule has 29 heavy (non-hydrogen) atoms. The Balaban J connectivity index is 1.70. The summed E-state index contributed by atoms with van der Waals surface area (Å²) in [5, 5.41) is 0.662. The number of likely N-dealkylation sites (N-methyl/N-ethyl adjacent to an activating group) is 1. The van der Waals surface area contributed by atoms with Crippen LogP contribution in [0.15, 0.2) is 16.7 Å². The van der Waals surface area contributed by atoms with Crippen molar-refractivity contribution in [3.63, 3.8) is 0 Å². The first-order chi connectivity index (χ1) is 13.9. The third kappa shape index (κ3) is 3.34. The molecule has 2 aliphatic rings. The van der Waals surface area contributed by atoms with Crippen molar-refractivity contribution in [3.8, 4) is 0 Å². The molecule has 4 rings (SSSR count). The Kier molecular flexibility index (Phi) is 5.18. The van der Waals surface area contributed by atoms with Crippen LogP contribution in [0.25, 0.3) is 0 Å². The van der Waals surface area contributed by atoms with Crippen molar-refractivity contribution in [2.45, 2.75) is 19.9 Å². The molecule has 0 atom stereocenters. The van der Waals surface area contributed by atoms with E-state index in [9.17, 15) is 14.4 Å². The van der Waals surface area contributed by atoms with E-state index in [4.69, 9.17) is 9.15 Å². The third-order valence-corrected chi connectivity index (χ3v) is 6.62. The number of carbonyl (C=O) groups is 3. The Morgan fingerprint density at radius 1 is 1.31 bits per heavy atom. The summed E-state index contributed by atoms with van der Waals surface area (Å²) < 4.78 is 10.5. The van der Waals surface area contributed by atoms with Crippen LogP contribution in [-0.4, -0.2) is 67.9 Å². The smallest absolute Gasteiger partial charge is 0.290 e. The topological polar surface area (TPSA) is 83.3 Å². The van der Waals surface area contributed by atoms with Crippen LogP contribution in [0.1, 0.15) is 36.9 Å². The van der Waals surface area contributed by atoms with Crippen LogP contribution in [0.2, 0.25) is 0 Å². The standard InChI is InChI=1S/C20H23N3O5S/c1-12-5-8-28-17(12)19(26)22-6-4-13-14(10-22)29-20-16(13)18(25)21(2)11-15(24)23(20)7-9-27-3/h5,8H,4,6-7,9-11H2,1-3H3. The molecule has 9 heteroatoms. The molecule has 154 valence electrons. The third-order valence-electron chi connectivity index (χ3n) is 5.38. The predicted octanol–water partition coefficient (Wildman–Crippen LogP) is 1.91. The highest BCUT2D eigenvalue weighted by molar-refractivity contribution is 7.17. The summed E-state index contributed by atoms with van der Waals surface area (Å²) >= 11 is 1.42. The van der Waals surface area contributed by atoms with Crippen molar-refractivity contribution >= 4 is 34.1 Å². The Labute approximate surface area is 172 Å². The molecule has 2 aliphatic heterocycles. The van der Waals surface area contributed by atoms with Crippen LogP contribution in [0.3, 0.4) is 0 Å². The summed E-state index contributed by atoms with van der Waals surface area (Å²) in [7, 11) is 3.23. The van der Waals surface area contributed by atoms with E-state index in [1.165, 1.54) is 22.5 Å². The summed E-state index contributed by atoms with van der Waals surface area (Å²) in [6.07, 6.45) is 2.08. The number of ether oxygens (including phenoxy) is 1. The number of methoxy groups -OCH3 is 1. The molecule has 0 saturated carbocycles. The van der Waals surface area contributed by atoms with E-state index in [1.807, 2.05) is 6.92 Å². The van der Waals surface area contributed by atoms with E-state index in [1.54, 1.807) is 30.0 Å². The zero-order valence-electron chi connectivity index (χ0n) is 16.7. The lowest BCUT2D eigenvalue weighted by molar-refractivity contribution is -0.119. The summed E-state index contributed by atoms with van der Waals surface area (Å²) in [5.41, 5.74) is 2.34. The van der Waals surface area contributed by atoms with E-state index in [2.05, 4.69) is 0 Å². The maximum atomic E-state index is 13.0. The Hall–Kier alpha value is -2.65. The van der Waals surface area contributed by atoms with E-state index < -0.39 is 0 Å². The van der Waals surface area contributed by atoms with E-state index in [-0.39, 0.29) is 24.3 Å². The largest absolute Gasteiger partial charge is 0.459 e. The number of fused-ring (bicyclic) bond motifs is 3. The van der Waals surface area contributed by atoms with Gasteiger partial charge in [0.1, 0.15) is 11.5 Å². The van der Waals surface area contributed by atoms with E-state index >= 15 is 0 Å². The SMILES string of the molecule is COCCN1C(=O)CN(C)C(=O)c2c1sc1c2CCN(C(=O)c2occc2C)C1. The molecule has 0 aromatic carbocycles. The lowest BCUT2D eigenvalue weighted by Gasteiger charge is -2.27. The first kappa shape index (κ1) is 19.7. The van der Waals surface area contributed by atoms with Gasteiger partial charge >= 0.3 is 0 Å². The summed E-state index contributed by atoms with van der Waals surface area (Å²) in [4.78, 5) is 44.4. The Bertz CT molecular complexity index is 979. The lowest BCUT2D eigenvalue weighted by atomic mass is 10.0. The van der Waals surface area contributed by atoms with Gasteiger partial charge in [0.25, 0.3) is 11.8 Å². The fourth-order valence-corrected chi connectivity index (χ4v) is 5.18. The number of nitrogens with zero attached hydrogens (tertiary/aromatic N) is 3. The summed E-state index contributed by atoms with van der Waals surface area (Å²) in [5.74, 6) is -0.0846. The van der Waals surface area contributed by atoms with Gasteiger partial charge in [0.15, 0.2) is 5.76 Å². The highest BCUT2D eigenvalue weighted by Crippen LogP contribution is 2.41. The van der Waals surface area contributed by atoms with Gasteiger partial charge in [0, 0.05) is 31.1 Å². The maximum Gasteiger partial charge on any atom is 0.290 e. The van der Waals surface area contributed by atoms with Gasteiger partial charge in [-0.1, -0.05) is 0 Å². The second-order valence-corrected chi connectivity index (χ2v) is 8.38. The molecule has 0 bridgehead atoms. The van der Waals surface area contributed by atoms with Crippen LogP contribution in [0.5, 0.6) is 0 Å². The van der Waals surface area contributed by atoms with Gasteiger partial charge in [0.2, 0.25) is 5.91 Å². The van der Waals surface area contributed by atoms with Crippen molar-refractivity contribution in [3.05, 3.63) is 39.7 Å². The lowest BCUT2D eigenvalue weighted by Crippen LogP contribution is -2.39. The molecule has 2 aromatic heterocycles. The molecule has 0 saturated heterocycles. The van der Waals surface area contributed by atoms with Gasteiger partial charge in [-0.15, -0.1) is 11.3 Å². The number of furan rings is 1. The number of carbonyl (C=O) groups excluding carboxylic acids is 3. The van der Waals surface area contributed by atoms with Crippen LogP contribution >= 0.6 is 11.3 Å². The van der Waals surface area contributed by atoms with Gasteiger partial charge in [-0.3, -0.25) is 19.3 Å². The van der Waals surface area contributed by atoms with Crippen molar-refractivity contribution < 1.29 is 23.5 Å². The zero-order chi connectivity index (χ0) is 20.7. The van der Waals surface area contributed by atoms with Crippen LogP contribution in [0, 0.1) is 6.92 Å². The zero-order valence-corrected chi connectivity index (χ0v) is 17.5. The fourth-order valence-electron chi connectivity index (χ4n) is 3.78. The maximum absolute atomic E-state index is 13.0. The van der Waals surface area contributed by atoms with Gasteiger partial charge in [-0.2, -0.15) is 0 Å². The van der Waals surface area contributed by atoms with E-state index in [0.717, 1.165) is 16.0 Å². The fraction of sp³-hybridized carbons (Fsp3) is 0.450. The van der Waals surface area contributed by atoms with E-state index in [0.29, 0.717) is 49.0 Å². The summed E-state index contributed by atoms with van der Waals surface area (Å²) in [6.45, 7) is 3.55. The second kappa shape index (κ2) is 7.64. The number of rotatable bonds is 4. The average Bonchev–Trinajstić information content (AvgIpc) is 3.27. The number of thiophene rings is 1. The quantitative estimate of drug-likeness (QED) is 0.759. The molecule has 4 heterocycles. The van der Waals surface area contributed by atoms with Crippen LogP contribution in [0.4, 0.5) is 5.00 Å². The van der Waals surface area contributed by atoms with Gasteiger partial charge in [-0.25, -0.2) is 0 Å². The normalized spacial score (nSPS) is 16.7. The summed E-state index contributed by atoms with van der Waals surface area (Å²) in [6, 6.07) is 1.77. The van der Waals surface area contributed by atoms with Crippen LogP contribution in [-0.2, 0) is 22.5 Å². The molecule has 0 N–H and O–H groups in total. The minimum atomic E-state index is -0.155. The Morgan fingerprint density at radius 3 is 2.79 bits per heavy atom. The molecular formula is C20H23N3O5S. The minimum Gasteiger partial charge on any atom is -0.459 e. The van der Waals surface area contributed by atoms with Gasteiger partial charge in [-0.05, 0) is 25.0 Å². The molecule has 2 aromatic rings. The van der Waals surface area contributed by atoms with Crippen molar-refractivity contribution in [1.82, 2.24) is 9.80 Å². The second-order valence-electron chi connectivity index (χ2n) is 7.29. The number of aryl methyl sites for hydroxylation is 1. The number of hydrogen-bond acceptors (Lipinski definition) is 6. The highest BCUT2D eigenvalue weighted by atomic mass is 32.1. The molecule has 0 unspecified atom stereocenters. The van der Waals surface area contributed by atoms with Gasteiger partial charge in [0.05, 0.1) is 31.5 Å². The number of hydrogen-bond donors (Lipinski definition) is 0. The molecule has 0 radical (unpaired) electrons. The first-order valence-corrected chi connectivity index (χ1v) is 10.3. The molecule has 0 fully saturated rings. The monoisotopic (exact) mass is 417 g/mol. The molecular weight excluding hydrogens is 394 g/mol. The van der Waals surface area contributed by atoms with Crippen molar-refractivity contribution in [1.29, 1.82) is 0 Å². The highest BCUT2D eigenvalue weighted by Gasteiger charge is 2.37. The number of amides is 3. The minimum absolute atomic E-state index is 0.0428. The van der Waals surface area contributed by atoms with Crippen molar-refractivity contribution in [2.24, 2.45) is 0 Å². The van der Waals surface area contributed by atoms with Crippen LogP contribution < -0.4 is 4.90 Å². The van der Waals surface area contributed by atoms with Crippen molar-refractivity contribution in [2.75, 3.05) is 45.3 Å². The predicted molar refractivity (Wildman–Crippen MR) is 107 cm³/mol.